The quantitative estimate of drug-likeness (QED) is 0.139. The lowest BCUT2D eigenvalue weighted by Crippen LogP contribution is -2.58. The number of likely N-dealkylation sites (tertiary alicyclic amines) is 1. The minimum Gasteiger partial charge on any atom is -0.353 e. The predicted molar refractivity (Wildman–Crippen MR) is 242 cm³/mol. The van der Waals surface area contributed by atoms with Crippen LogP contribution < -0.4 is 20.9 Å². The monoisotopic (exact) mass is 868 g/mol. The van der Waals surface area contributed by atoms with Gasteiger partial charge in [0, 0.05) is 63.9 Å². The number of amides is 4. The fourth-order valence-electron chi connectivity index (χ4n) is 7.89. The maximum atomic E-state index is 14.1. The fraction of sp³-hybridized carbons (Fsp3) is 0.386. The first-order chi connectivity index (χ1) is 30.3. The lowest BCUT2D eigenvalue weighted by atomic mass is 9.75. The van der Waals surface area contributed by atoms with E-state index >= 15 is 0 Å². The number of nitrogens with one attached hydrogen (secondary N) is 3. The maximum absolute atomic E-state index is 14.1. The van der Waals surface area contributed by atoms with Crippen LogP contribution in [0.2, 0.25) is 0 Å². The number of hydrogen-bond acceptors (Lipinski definition) is 12. The molecule has 2 fully saturated rings. The van der Waals surface area contributed by atoms with Gasteiger partial charge >= 0.3 is 0 Å². The van der Waals surface area contributed by atoms with Crippen LogP contribution in [0.4, 0.5) is 16.4 Å². The van der Waals surface area contributed by atoms with Crippen molar-refractivity contribution in [2.45, 2.75) is 66.1 Å². The summed E-state index contributed by atoms with van der Waals surface area (Å²) < 4.78 is 3.16. The summed E-state index contributed by atoms with van der Waals surface area (Å²) >= 11 is 1.60. The molecule has 63 heavy (non-hydrogen) atoms. The van der Waals surface area contributed by atoms with Gasteiger partial charge in [-0.3, -0.25) is 19.2 Å². The Balaban J connectivity index is 0.846. The molecule has 2 saturated heterocycles. The zero-order valence-corrected chi connectivity index (χ0v) is 36.9. The topological polar surface area (TPSA) is 188 Å². The van der Waals surface area contributed by atoms with Crippen LogP contribution in [0.1, 0.15) is 60.8 Å². The Morgan fingerprint density at radius 2 is 1.73 bits per heavy atom. The minimum absolute atomic E-state index is 0.201. The molecule has 3 N–H and O–H groups in total. The Bertz CT molecular complexity index is 2590. The second-order valence-electron chi connectivity index (χ2n) is 17.1. The van der Waals surface area contributed by atoms with Gasteiger partial charge in [-0.15, -0.1) is 16.4 Å². The average Bonchev–Trinajstić information content (AvgIpc) is 4.11. The Morgan fingerprint density at radius 3 is 2.44 bits per heavy atom. The van der Waals surface area contributed by atoms with E-state index in [2.05, 4.69) is 45.8 Å². The van der Waals surface area contributed by atoms with Gasteiger partial charge in [0.05, 0.1) is 22.3 Å². The fourth-order valence-corrected chi connectivity index (χ4v) is 8.71. The number of aromatic nitrogens is 7. The summed E-state index contributed by atoms with van der Waals surface area (Å²) in [4.78, 5) is 74.8. The van der Waals surface area contributed by atoms with Crippen LogP contribution in [0.15, 0.2) is 78.8 Å². The molecule has 2 aliphatic heterocycles. The predicted octanol–water partition coefficient (Wildman–Crippen LogP) is 4.52. The molecule has 5 aromatic heterocycles. The molecule has 4 amide bonds. The number of thiazole rings is 1. The van der Waals surface area contributed by atoms with E-state index in [0.29, 0.717) is 87.2 Å². The van der Waals surface area contributed by atoms with Gasteiger partial charge in [0.25, 0.3) is 5.91 Å². The van der Waals surface area contributed by atoms with E-state index in [-0.39, 0.29) is 23.5 Å². The summed E-state index contributed by atoms with van der Waals surface area (Å²) in [5, 5.41) is 18.1. The number of pyridine rings is 1. The molecule has 1 aromatic carbocycles. The second kappa shape index (κ2) is 18.5. The number of carbonyl (C=O) groups excluding carboxylic acids is 4. The summed E-state index contributed by atoms with van der Waals surface area (Å²) in [7, 11) is 1.58. The minimum atomic E-state index is -0.828. The molecule has 0 saturated carbocycles. The number of piperazine rings is 1. The number of nitrogens with zero attached hydrogens (tertiary/aromatic N) is 10. The van der Waals surface area contributed by atoms with Gasteiger partial charge in [0.15, 0.2) is 23.1 Å². The maximum Gasteiger partial charge on any atom is 0.262 e. The smallest absolute Gasteiger partial charge is 0.262 e. The van der Waals surface area contributed by atoms with Gasteiger partial charge in [-0.25, -0.2) is 19.5 Å². The largest absolute Gasteiger partial charge is 0.353 e. The van der Waals surface area contributed by atoms with Gasteiger partial charge in [0.1, 0.15) is 23.5 Å². The summed E-state index contributed by atoms with van der Waals surface area (Å²) in [6.45, 7) is 13.0. The van der Waals surface area contributed by atoms with Crippen LogP contribution in [0.25, 0.3) is 21.9 Å². The Labute approximate surface area is 370 Å². The van der Waals surface area contributed by atoms with E-state index in [1.165, 1.54) is 6.20 Å². The van der Waals surface area contributed by atoms with Crippen LogP contribution >= 0.6 is 11.3 Å². The third-order valence-electron chi connectivity index (χ3n) is 11.5. The highest BCUT2D eigenvalue weighted by atomic mass is 32.1. The van der Waals surface area contributed by atoms with Gasteiger partial charge in [-0.2, -0.15) is 9.78 Å². The molecule has 2 aliphatic rings. The molecule has 0 aliphatic carbocycles. The van der Waals surface area contributed by atoms with Crippen molar-refractivity contribution in [2.24, 2.45) is 5.41 Å². The first kappa shape index (κ1) is 43.2. The van der Waals surface area contributed by atoms with Crippen molar-refractivity contribution in [1.82, 2.24) is 54.8 Å². The van der Waals surface area contributed by atoms with Gasteiger partial charge in [-0.05, 0) is 67.4 Å². The Kier molecular flexibility index (Phi) is 12.7. The zero-order chi connectivity index (χ0) is 44.3. The van der Waals surface area contributed by atoms with E-state index in [4.69, 9.17) is 5.10 Å². The standard InChI is InChI=1S/C44H51BN13O4S/c1-28-9-14-34(47-23-28)58-35(51-40(59)32-25-50-57-17-7-15-46-39(32)57)22-36(53-58)55-20-18-54(19-21-55)26-45-43(62)52-38(44(3,4)5)42(61)56-16-6-8-33(56)41(60)48-24-30-10-12-31(13-11-30)37-29(2)49-27-63-37/h7,9-15,17,22-23,25,27,33,38H,6,8,16,18-21,24,26H2,1-5H3,(H,48,60)(H,51,59)(H,52,62)/t33-,38+/m0/s1. The normalized spacial score (nSPS) is 16.2. The van der Waals surface area contributed by atoms with Crippen LogP contribution in [-0.4, -0.2) is 126 Å². The molecule has 2 atom stereocenters. The van der Waals surface area contributed by atoms with Crippen molar-refractivity contribution in [2.75, 3.05) is 49.4 Å². The summed E-state index contributed by atoms with van der Waals surface area (Å²) in [6, 6.07) is 14.0. The van der Waals surface area contributed by atoms with Crippen molar-refractivity contribution < 1.29 is 19.2 Å². The molecule has 17 nitrogen and oxygen atoms in total. The SMILES string of the molecule is Cc1ccc(-n2nc(N3CCN(C[B]C(=O)N[C@H](C(=O)N4CCC[C@H]4C(=O)NCc4ccc(-c5scnc5C)cc4)C(C)(C)C)CC3)cc2NC(=O)c2cnn3cccnc23)nc1. The zero-order valence-electron chi connectivity index (χ0n) is 36.1. The molecule has 7 heterocycles. The molecule has 1 radical (unpaired) electrons. The summed E-state index contributed by atoms with van der Waals surface area (Å²) in [5.41, 5.74) is 6.03. The van der Waals surface area contributed by atoms with E-state index in [9.17, 15) is 19.2 Å². The van der Waals surface area contributed by atoms with Crippen molar-refractivity contribution in [3.8, 4) is 16.3 Å². The molecule has 325 valence electrons. The molecule has 8 rings (SSSR count). The van der Waals surface area contributed by atoms with Crippen LogP contribution in [-0.2, 0) is 16.1 Å². The molecule has 6 aromatic rings. The van der Waals surface area contributed by atoms with Crippen molar-refractivity contribution >= 4 is 59.4 Å². The van der Waals surface area contributed by atoms with Crippen molar-refractivity contribution in [1.29, 1.82) is 0 Å². The molecular formula is C44H51BN13O4S. The number of benzene rings is 1. The van der Waals surface area contributed by atoms with E-state index in [1.807, 2.05) is 82.6 Å². The molecule has 0 bridgehead atoms. The Hall–Kier alpha value is -6.47. The first-order valence-corrected chi connectivity index (χ1v) is 22.0. The average molecular weight is 869 g/mol. The highest BCUT2D eigenvalue weighted by Crippen LogP contribution is 2.29. The highest BCUT2D eigenvalue weighted by Gasteiger charge is 2.42. The number of anilines is 2. The third-order valence-corrected chi connectivity index (χ3v) is 12.5. The second-order valence-corrected chi connectivity index (χ2v) is 17.9. The van der Waals surface area contributed by atoms with E-state index in [1.54, 1.807) is 57.4 Å². The van der Waals surface area contributed by atoms with Gasteiger partial charge in [-0.1, -0.05) is 51.1 Å². The lowest BCUT2D eigenvalue weighted by Gasteiger charge is -2.36. The van der Waals surface area contributed by atoms with Crippen molar-refractivity contribution in [3.63, 3.8) is 0 Å². The lowest BCUT2D eigenvalue weighted by molar-refractivity contribution is -0.141. The van der Waals surface area contributed by atoms with E-state index < -0.39 is 17.5 Å². The first-order valence-electron chi connectivity index (χ1n) is 21.1. The summed E-state index contributed by atoms with van der Waals surface area (Å²) in [5.74, 6) is 0.495. The van der Waals surface area contributed by atoms with E-state index in [0.717, 1.165) is 27.3 Å². The van der Waals surface area contributed by atoms with Crippen molar-refractivity contribution in [3.05, 3.63) is 101 Å². The highest BCUT2D eigenvalue weighted by molar-refractivity contribution is 7.13. The molecule has 0 spiro atoms. The molecule has 19 heteroatoms. The number of carbonyl (C=O) groups is 4. The molecular weight excluding hydrogens is 817 g/mol. The number of hydrogen-bond donors (Lipinski definition) is 3. The van der Waals surface area contributed by atoms with Gasteiger partial charge < -0.3 is 30.7 Å². The van der Waals surface area contributed by atoms with Crippen LogP contribution in [0, 0.1) is 19.3 Å². The number of aryl methyl sites for hydroxylation is 2. The number of fused-ring (bicyclic) bond motifs is 1. The summed E-state index contributed by atoms with van der Waals surface area (Å²) in [6.07, 6.45) is 8.23. The molecule has 0 unspecified atom stereocenters. The number of rotatable bonds is 13. The van der Waals surface area contributed by atoms with Crippen LogP contribution in [0.5, 0.6) is 0 Å². The Morgan fingerprint density at radius 1 is 0.937 bits per heavy atom. The third kappa shape index (κ3) is 9.79. The van der Waals surface area contributed by atoms with Crippen LogP contribution in [0.3, 0.4) is 0 Å². The van der Waals surface area contributed by atoms with Gasteiger partial charge in [0.2, 0.25) is 19.1 Å².